The standard InChI is InChI=1S/C14H22O4S3/c1-5-13(15)17-11(3)20-9-7-19-8-10-21-12(4)18-14(16)6-2/h5-6,11-12H,1-2,7-10H2,3-4H3. The van der Waals surface area contributed by atoms with Crippen molar-refractivity contribution < 1.29 is 19.1 Å². The van der Waals surface area contributed by atoms with E-state index in [4.69, 9.17) is 9.47 Å². The van der Waals surface area contributed by atoms with Gasteiger partial charge in [0.2, 0.25) is 0 Å². The highest BCUT2D eigenvalue weighted by molar-refractivity contribution is 8.04. The van der Waals surface area contributed by atoms with Crippen LogP contribution in [0, 0.1) is 0 Å². The zero-order chi connectivity index (χ0) is 16.1. The molecule has 0 bridgehead atoms. The van der Waals surface area contributed by atoms with Crippen molar-refractivity contribution in [3.05, 3.63) is 25.3 Å². The second-order valence-corrected chi connectivity index (χ2v) is 7.81. The molecule has 0 fully saturated rings. The molecule has 0 amide bonds. The van der Waals surface area contributed by atoms with Gasteiger partial charge in [0.25, 0.3) is 0 Å². The summed E-state index contributed by atoms with van der Waals surface area (Å²) < 4.78 is 10.1. The summed E-state index contributed by atoms with van der Waals surface area (Å²) in [5, 5.41) is 0. The van der Waals surface area contributed by atoms with Crippen molar-refractivity contribution in [2.24, 2.45) is 0 Å². The summed E-state index contributed by atoms with van der Waals surface area (Å²) in [6.45, 7) is 10.4. The number of ether oxygens (including phenoxy) is 2. The number of thioether (sulfide) groups is 3. The average molecular weight is 351 g/mol. The fraction of sp³-hybridized carbons (Fsp3) is 0.571. The fourth-order valence-electron chi connectivity index (χ4n) is 1.14. The monoisotopic (exact) mass is 350 g/mol. The molecular weight excluding hydrogens is 328 g/mol. The average Bonchev–Trinajstić information content (AvgIpc) is 2.45. The first-order valence-corrected chi connectivity index (χ1v) is 9.71. The summed E-state index contributed by atoms with van der Waals surface area (Å²) in [7, 11) is 0. The van der Waals surface area contributed by atoms with Crippen LogP contribution in [0.25, 0.3) is 0 Å². The molecule has 0 aromatic carbocycles. The number of esters is 2. The van der Waals surface area contributed by atoms with Crippen LogP contribution in [-0.4, -0.2) is 45.8 Å². The van der Waals surface area contributed by atoms with Gasteiger partial charge in [-0.1, -0.05) is 13.2 Å². The van der Waals surface area contributed by atoms with E-state index in [1.54, 1.807) is 23.5 Å². The lowest BCUT2D eigenvalue weighted by Gasteiger charge is -2.12. The summed E-state index contributed by atoms with van der Waals surface area (Å²) in [6, 6.07) is 0. The van der Waals surface area contributed by atoms with E-state index in [0.717, 1.165) is 23.0 Å². The van der Waals surface area contributed by atoms with E-state index in [9.17, 15) is 9.59 Å². The molecule has 2 unspecified atom stereocenters. The van der Waals surface area contributed by atoms with Gasteiger partial charge in [-0.15, -0.1) is 23.5 Å². The van der Waals surface area contributed by atoms with Crippen LogP contribution in [0.2, 0.25) is 0 Å². The first-order valence-electron chi connectivity index (χ1n) is 6.46. The maximum atomic E-state index is 11.0. The minimum atomic E-state index is -0.387. The molecule has 120 valence electrons. The molecule has 4 nitrogen and oxygen atoms in total. The van der Waals surface area contributed by atoms with Crippen LogP contribution in [0.3, 0.4) is 0 Å². The number of rotatable bonds is 12. The molecule has 0 aliphatic heterocycles. The normalized spacial score (nSPS) is 13.0. The van der Waals surface area contributed by atoms with Gasteiger partial charge in [-0.25, -0.2) is 9.59 Å². The summed E-state index contributed by atoms with van der Waals surface area (Å²) in [6.07, 6.45) is 2.34. The lowest BCUT2D eigenvalue weighted by atomic mass is 10.6. The van der Waals surface area contributed by atoms with Crippen molar-refractivity contribution >= 4 is 47.2 Å². The van der Waals surface area contributed by atoms with Crippen molar-refractivity contribution in [2.75, 3.05) is 23.0 Å². The molecule has 0 spiro atoms. The molecule has 0 rings (SSSR count). The van der Waals surface area contributed by atoms with E-state index >= 15 is 0 Å². The van der Waals surface area contributed by atoms with E-state index in [-0.39, 0.29) is 22.8 Å². The number of carbonyl (C=O) groups is 2. The maximum Gasteiger partial charge on any atom is 0.331 e. The largest absolute Gasteiger partial charge is 0.448 e. The lowest BCUT2D eigenvalue weighted by molar-refractivity contribution is -0.139. The van der Waals surface area contributed by atoms with Gasteiger partial charge in [0, 0.05) is 35.2 Å². The Hall–Kier alpha value is -0.530. The van der Waals surface area contributed by atoms with Crippen LogP contribution in [0.1, 0.15) is 13.8 Å². The third kappa shape index (κ3) is 12.9. The zero-order valence-electron chi connectivity index (χ0n) is 12.4. The van der Waals surface area contributed by atoms with E-state index in [1.807, 2.05) is 25.6 Å². The highest BCUT2D eigenvalue weighted by Crippen LogP contribution is 2.17. The molecule has 0 heterocycles. The highest BCUT2D eigenvalue weighted by Gasteiger charge is 2.07. The Morgan fingerprint density at radius 1 is 0.905 bits per heavy atom. The van der Waals surface area contributed by atoms with Crippen LogP contribution >= 0.6 is 35.3 Å². The Balaban J connectivity index is 3.44. The summed E-state index contributed by atoms with van der Waals surface area (Å²) in [5.74, 6) is 3.04. The van der Waals surface area contributed by atoms with Gasteiger partial charge in [-0.3, -0.25) is 0 Å². The van der Waals surface area contributed by atoms with Crippen molar-refractivity contribution in [3.63, 3.8) is 0 Å². The molecule has 7 heteroatoms. The minimum absolute atomic E-state index is 0.149. The van der Waals surface area contributed by atoms with Gasteiger partial charge >= 0.3 is 11.9 Å². The quantitative estimate of drug-likeness (QED) is 0.231. The molecule has 0 saturated heterocycles. The predicted octanol–water partition coefficient (Wildman–Crippen LogP) is 3.34. The molecule has 0 aliphatic carbocycles. The Kier molecular flexibility index (Phi) is 12.8. The Labute approximate surface area is 139 Å². The van der Waals surface area contributed by atoms with E-state index < -0.39 is 0 Å². The Morgan fingerprint density at radius 2 is 1.29 bits per heavy atom. The zero-order valence-corrected chi connectivity index (χ0v) is 14.9. The Bertz CT molecular complexity index is 315. The van der Waals surface area contributed by atoms with Crippen LogP contribution in [-0.2, 0) is 19.1 Å². The maximum absolute atomic E-state index is 11.0. The molecule has 0 aromatic rings. The molecule has 2 atom stereocenters. The molecule has 0 saturated carbocycles. The second-order valence-electron chi connectivity index (χ2n) is 3.77. The first kappa shape index (κ1) is 20.5. The first-order chi connectivity index (χ1) is 9.99. The lowest BCUT2D eigenvalue weighted by Crippen LogP contribution is -2.10. The third-order valence-corrected chi connectivity index (χ3v) is 5.57. The van der Waals surface area contributed by atoms with Gasteiger partial charge in [-0.05, 0) is 13.8 Å². The summed E-state index contributed by atoms with van der Waals surface area (Å²) in [5.41, 5.74) is -0.298. The Morgan fingerprint density at radius 3 is 1.62 bits per heavy atom. The summed E-state index contributed by atoms with van der Waals surface area (Å²) in [4.78, 5) is 21.9. The van der Waals surface area contributed by atoms with Crippen LogP contribution < -0.4 is 0 Å². The van der Waals surface area contributed by atoms with Crippen LogP contribution in [0.5, 0.6) is 0 Å². The van der Waals surface area contributed by atoms with Gasteiger partial charge in [0.15, 0.2) is 0 Å². The topological polar surface area (TPSA) is 52.6 Å². The number of hydrogen-bond donors (Lipinski definition) is 0. The van der Waals surface area contributed by atoms with Gasteiger partial charge in [0.05, 0.1) is 0 Å². The summed E-state index contributed by atoms with van der Waals surface area (Å²) >= 11 is 5.02. The van der Waals surface area contributed by atoms with E-state index in [1.165, 1.54) is 12.2 Å². The molecule has 0 aliphatic rings. The van der Waals surface area contributed by atoms with Crippen molar-refractivity contribution in [3.8, 4) is 0 Å². The number of carbonyl (C=O) groups excluding carboxylic acids is 2. The van der Waals surface area contributed by atoms with Crippen molar-refractivity contribution in [1.82, 2.24) is 0 Å². The molecule has 21 heavy (non-hydrogen) atoms. The van der Waals surface area contributed by atoms with Gasteiger partial charge in [0.1, 0.15) is 10.9 Å². The fourth-order valence-corrected chi connectivity index (χ4v) is 4.05. The van der Waals surface area contributed by atoms with E-state index in [2.05, 4.69) is 13.2 Å². The molecule has 0 N–H and O–H groups in total. The van der Waals surface area contributed by atoms with Crippen molar-refractivity contribution in [2.45, 2.75) is 24.7 Å². The predicted molar refractivity (Wildman–Crippen MR) is 93.7 cm³/mol. The smallest absolute Gasteiger partial charge is 0.331 e. The number of hydrogen-bond acceptors (Lipinski definition) is 7. The molecular formula is C14H22O4S3. The van der Waals surface area contributed by atoms with Crippen molar-refractivity contribution in [1.29, 1.82) is 0 Å². The minimum Gasteiger partial charge on any atom is -0.448 e. The molecule has 0 aromatic heterocycles. The van der Waals surface area contributed by atoms with Crippen LogP contribution in [0.4, 0.5) is 0 Å². The second kappa shape index (κ2) is 13.2. The van der Waals surface area contributed by atoms with Gasteiger partial charge in [-0.2, -0.15) is 11.8 Å². The van der Waals surface area contributed by atoms with Gasteiger partial charge < -0.3 is 9.47 Å². The van der Waals surface area contributed by atoms with E-state index in [0.29, 0.717) is 0 Å². The SMILES string of the molecule is C=CC(=O)OC(C)SCCSCCSC(C)OC(=O)C=C. The van der Waals surface area contributed by atoms with Crippen LogP contribution in [0.15, 0.2) is 25.3 Å². The molecule has 0 radical (unpaired) electrons. The highest BCUT2D eigenvalue weighted by atomic mass is 32.2. The third-order valence-electron chi connectivity index (χ3n) is 2.06.